The Bertz CT molecular complexity index is 397. The molecule has 1 atom stereocenters. The number of hydrogen-bond donors (Lipinski definition) is 2. The molecule has 1 aromatic rings. The van der Waals surface area contributed by atoms with E-state index < -0.39 is 5.54 Å². The first kappa shape index (κ1) is 20.4. The van der Waals surface area contributed by atoms with E-state index in [0.717, 1.165) is 5.69 Å². The zero-order valence-electron chi connectivity index (χ0n) is 11.6. The third-order valence-corrected chi connectivity index (χ3v) is 3.11. The van der Waals surface area contributed by atoms with E-state index in [0.29, 0.717) is 12.2 Å². The third kappa shape index (κ3) is 5.30. The van der Waals surface area contributed by atoms with Gasteiger partial charge in [0.15, 0.2) is 0 Å². The molecule has 1 heterocycles. The third-order valence-electron chi connectivity index (χ3n) is 3.11. The highest BCUT2D eigenvalue weighted by molar-refractivity contribution is 5.92. The highest BCUT2D eigenvalue weighted by Gasteiger charge is 2.29. The molecule has 0 bridgehead atoms. The fraction of sp³-hybridized carbons (Fsp3) is 0.583. The average Bonchev–Trinajstić information content (AvgIpc) is 2.29. The molecular weight excluding hydrogens is 287 g/mol. The van der Waals surface area contributed by atoms with Crippen molar-refractivity contribution in [3.05, 3.63) is 23.8 Å². The van der Waals surface area contributed by atoms with Crippen LogP contribution in [0.4, 0.5) is 0 Å². The molecule has 0 aliphatic heterocycles. The molecule has 5 nitrogen and oxygen atoms in total. The summed E-state index contributed by atoms with van der Waals surface area (Å²) in [6.45, 7) is 8.18. The number of aryl methyl sites for hydroxylation is 1. The van der Waals surface area contributed by atoms with Gasteiger partial charge in [-0.2, -0.15) is 0 Å². The maximum Gasteiger partial charge on any atom is 0.271 e. The molecule has 0 saturated heterocycles. The summed E-state index contributed by atoms with van der Waals surface area (Å²) in [7, 11) is 0. The van der Waals surface area contributed by atoms with Crippen LogP contribution in [0.5, 0.6) is 0 Å². The van der Waals surface area contributed by atoms with Gasteiger partial charge in [0.2, 0.25) is 0 Å². The summed E-state index contributed by atoms with van der Waals surface area (Å²) >= 11 is 0. The molecule has 1 unspecified atom stereocenters. The fourth-order valence-electron chi connectivity index (χ4n) is 1.26. The summed E-state index contributed by atoms with van der Waals surface area (Å²) in [4.78, 5) is 20.1. The molecule has 0 saturated carbocycles. The van der Waals surface area contributed by atoms with Crippen molar-refractivity contribution in [2.75, 3.05) is 6.54 Å². The van der Waals surface area contributed by atoms with Crippen molar-refractivity contribution in [3.63, 3.8) is 0 Å². The van der Waals surface area contributed by atoms with Crippen LogP contribution >= 0.6 is 24.8 Å². The molecule has 0 fully saturated rings. The van der Waals surface area contributed by atoms with E-state index in [1.54, 1.807) is 6.20 Å². The van der Waals surface area contributed by atoms with Crippen molar-refractivity contribution in [1.82, 2.24) is 15.3 Å². The summed E-state index contributed by atoms with van der Waals surface area (Å²) < 4.78 is 0. The van der Waals surface area contributed by atoms with Crippen molar-refractivity contribution in [2.24, 2.45) is 11.7 Å². The summed E-state index contributed by atoms with van der Waals surface area (Å²) in [6, 6.07) is 0. The fourth-order valence-corrected chi connectivity index (χ4v) is 1.26. The van der Waals surface area contributed by atoms with Gasteiger partial charge in [-0.3, -0.25) is 9.78 Å². The van der Waals surface area contributed by atoms with Crippen LogP contribution in [0.25, 0.3) is 0 Å². The Morgan fingerprint density at radius 2 is 1.95 bits per heavy atom. The summed E-state index contributed by atoms with van der Waals surface area (Å²) in [5.41, 5.74) is 6.38. The number of nitrogens with two attached hydrogens (primary N) is 1. The molecule has 3 N–H and O–H groups in total. The van der Waals surface area contributed by atoms with Gasteiger partial charge in [-0.05, 0) is 19.8 Å². The van der Waals surface area contributed by atoms with Crippen LogP contribution in [0.15, 0.2) is 12.4 Å². The predicted molar refractivity (Wildman–Crippen MR) is 81.0 cm³/mol. The van der Waals surface area contributed by atoms with Gasteiger partial charge < -0.3 is 11.1 Å². The van der Waals surface area contributed by atoms with Gasteiger partial charge in [0, 0.05) is 12.7 Å². The molecule has 1 rings (SSSR count). The van der Waals surface area contributed by atoms with Crippen LogP contribution in [0.2, 0.25) is 0 Å². The number of halogens is 2. The number of amides is 1. The lowest BCUT2D eigenvalue weighted by atomic mass is 9.88. The predicted octanol–water partition coefficient (Wildman–Crippen LogP) is 1.73. The minimum absolute atomic E-state index is 0. The number of carbonyl (C=O) groups is 1. The quantitative estimate of drug-likeness (QED) is 0.887. The Kier molecular flexibility index (Phi) is 8.91. The maximum absolute atomic E-state index is 12.0. The van der Waals surface area contributed by atoms with E-state index in [1.807, 2.05) is 27.7 Å². The van der Waals surface area contributed by atoms with Crippen LogP contribution in [0.3, 0.4) is 0 Å². The van der Waals surface area contributed by atoms with Crippen LogP contribution in [0, 0.1) is 12.8 Å². The van der Waals surface area contributed by atoms with Gasteiger partial charge in [-0.15, -0.1) is 24.8 Å². The van der Waals surface area contributed by atoms with Gasteiger partial charge in [-0.1, -0.05) is 13.8 Å². The smallest absolute Gasteiger partial charge is 0.271 e. The van der Waals surface area contributed by atoms with Gasteiger partial charge in [0.25, 0.3) is 5.91 Å². The van der Waals surface area contributed by atoms with Crippen LogP contribution in [0.1, 0.15) is 37.0 Å². The molecule has 0 aliphatic carbocycles. The minimum Gasteiger partial charge on any atom is -0.344 e. The summed E-state index contributed by atoms with van der Waals surface area (Å²) in [5.74, 6) is 0.00834. The normalized spacial score (nSPS) is 12.9. The number of nitrogens with zero attached hydrogens (tertiary/aromatic N) is 2. The molecule has 0 radical (unpaired) electrons. The van der Waals surface area contributed by atoms with Crippen LogP contribution < -0.4 is 11.1 Å². The average molecular weight is 309 g/mol. The monoisotopic (exact) mass is 308 g/mol. The second-order valence-electron chi connectivity index (χ2n) is 4.77. The largest absolute Gasteiger partial charge is 0.344 e. The lowest BCUT2D eigenvalue weighted by molar-refractivity contribution is 0.0877. The Labute approximate surface area is 126 Å². The van der Waals surface area contributed by atoms with Crippen molar-refractivity contribution in [2.45, 2.75) is 33.2 Å². The van der Waals surface area contributed by atoms with E-state index in [1.165, 1.54) is 6.20 Å². The Hall–Kier alpha value is -0.910. The lowest BCUT2D eigenvalue weighted by Crippen LogP contribution is -2.55. The second kappa shape index (κ2) is 8.30. The molecule has 19 heavy (non-hydrogen) atoms. The van der Waals surface area contributed by atoms with Gasteiger partial charge in [0.05, 0.1) is 17.4 Å². The van der Waals surface area contributed by atoms with E-state index in [-0.39, 0.29) is 36.6 Å². The topological polar surface area (TPSA) is 80.9 Å². The number of carbonyl (C=O) groups excluding carboxylic acids is 1. The SMILES string of the molecule is Cc1cnc(C(=O)NC(C)(CN)C(C)C)cn1.Cl.Cl. The summed E-state index contributed by atoms with van der Waals surface area (Å²) in [6.07, 6.45) is 3.05. The van der Waals surface area contributed by atoms with Crippen molar-refractivity contribution < 1.29 is 4.79 Å². The number of aromatic nitrogens is 2. The first-order valence-corrected chi connectivity index (χ1v) is 5.70. The van der Waals surface area contributed by atoms with Gasteiger partial charge >= 0.3 is 0 Å². The van der Waals surface area contributed by atoms with Gasteiger partial charge in [-0.25, -0.2) is 4.98 Å². The lowest BCUT2D eigenvalue weighted by Gasteiger charge is -2.33. The van der Waals surface area contributed by atoms with E-state index in [2.05, 4.69) is 15.3 Å². The Morgan fingerprint density at radius 3 is 2.32 bits per heavy atom. The maximum atomic E-state index is 12.0. The van der Waals surface area contributed by atoms with E-state index >= 15 is 0 Å². The molecule has 110 valence electrons. The van der Waals surface area contributed by atoms with Crippen molar-refractivity contribution >= 4 is 30.7 Å². The first-order chi connectivity index (χ1) is 7.89. The Morgan fingerprint density at radius 1 is 1.37 bits per heavy atom. The molecule has 1 aromatic heterocycles. The highest BCUT2D eigenvalue weighted by Crippen LogP contribution is 2.15. The number of hydrogen-bond acceptors (Lipinski definition) is 4. The second-order valence-corrected chi connectivity index (χ2v) is 4.77. The first-order valence-electron chi connectivity index (χ1n) is 5.70. The van der Waals surface area contributed by atoms with E-state index in [4.69, 9.17) is 5.73 Å². The Balaban J connectivity index is 0. The van der Waals surface area contributed by atoms with Gasteiger partial charge in [0.1, 0.15) is 5.69 Å². The number of nitrogens with one attached hydrogen (secondary N) is 1. The summed E-state index contributed by atoms with van der Waals surface area (Å²) in [5, 5.41) is 2.91. The standard InChI is InChI=1S/C12H20N4O.2ClH/c1-8(2)12(4,7-13)16-11(17)10-6-14-9(3)5-15-10;;/h5-6,8H,7,13H2,1-4H3,(H,16,17);2*1H. The highest BCUT2D eigenvalue weighted by atomic mass is 35.5. The molecule has 0 spiro atoms. The van der Waals surface area contributed by atoms with Crippen molar-refractivity contribution in [1.29, 1.82) is 0 Å². The number of rotatable bonds is 4. The van der Waals surface area contributed by atoms with Crippen molar-refractivity contribution in [3.8, 4) is 0 Å². The minimum atomic E-state index is -0.427. The zero-order chi connectivity index (χ0) is 13.1. The molecule has 1 amide bonds. The van der Waals surface area contributed by atoms with E-state index in [9.17, 15) is 4.79 Å². The van der Waals surface area contributed by atoms with Crippen LogP contribution in [-0.4, -0.2) is 28.0 Å². The molecule has 0 aliphatic rings. The molecular formula is C12H22Cl2N4O. The zero-order valence-corrected chi connectivity index (χ0v) is 13.3. The molecule has 0 aromatic carbocycles. The molecule has 7 heteroatoms. The van der Waals surface area contributed by atoms with Crippen LogP contribution in [-0.2, 0) is 0 Å².